The summed E-state index contributed by atoms with van der Waals surface area (Å²) in [6.07, 6.45) is 6.32. The monoisotopic (exact) mass is 294 g/mol. The van der Waals surface area contributed by atoms with E-state index in [2.05, 4.69) is 15.1 Å². The zero-order chi connectivity index (χ0) is 14.7. The molecule has 1 N–H and O–H groups in total. The van der Waals surface area contributed by atoms with Crippen molar-refractivity contribution in [2.75, 3.05) is 52.9 Å². The van der Waals surface area contributed by atoms with Crippen molar-refractivity contribution in [3.63, 3.8) is 0 Å². The minimum atomic E-state index is 0.320. The number of hydrogen-bond donors (Lipinski definition) is 1. The smallest absolute Gasteiger partial charge is 0.236 e. The predicted molar refractivity (Wildman–Crippen MR) is 84.3 cm³/mol. The highest BCUT2D eigenvalue weighted by molar-refractivity contribution is 5.78. The lowest BCUT2D eigenvalue weighted by atomic mass is 9.94. The molecule has 5 heteroatoms. The maximum atomic E-state index is 12.5. The number of nitrogens with one attached hydrogen (secondary N) is 1. The van der Waals surface area contributed by atoms with Gasteiger partial charge in [0, 0.05) is 58.4 Å². The van der Waals surface area contributed by atoms with Crippen molar-refractivity contribution in [2.24, 2.45) is 0 Å². The van der Waals surface area contributed by atoms with Crippen LogP contribution in [0.4, 0.5) is 0 Å². The van der Waals surface area contributed by atoms with Crippen LogP contribution in [-0.4, -0.2) is 85.6 Å². The number of piperazine rings is 1. The standard InChI is InChI=1S/C16H30N4O/c1-18(14-5-3-2-4-6-14)16(21)13-19-7-9-20(10-8-19)15-11-17-12-15/h14-15,17H,2-13H2,1H3. The molecule has 21 heavy (non-hydrogen) atoms. The molecule has 2 saturated heterocycles. The molecule has 0 bridgehead atoms. The fourth-order valence-corrected chi connectivity index (χ4v) is 3.79. The van der Waals surface area contributed by atoms with E-state index in [1.54, 1.807) is 0 Å². The van der Waals surface area contributed by atoms with Crippen molar-refractivity contribution in [3.8, 4) is 0 Å². The summed E-state index contributed by atoms with van der Waals surface area (Å²) in [6, 6.07) is 1.24. The molecular weight excluding hydrogens is 264 g/mol. The molecule has 0 aromatic rings. The Morgan fingerprint density at radius 1 is 1.10 bits per heavy atom. The summed E-state index contributed by atoms with van der Waals surface area (Å²) in [4.78, 5) is 19.4. The first kappa shape index (κ1) is 15.3. The Labute approximate surface area is 128 Å². The Morgan fingerprint density at radius 2 is 1.76 bits per heavy atom. The molecule has 0 atom stereocenters. The van der Waals surface area contributed by atoms with Crippen molar-refractivity contribution in [2.45, 2.75) is 44.2 Å². The zero-order valence-electron chi connectivity index (χ0n) is 13.4. The van der Waals surface area contributed by atoms with Crippen LogP contribution in [0.25, 0.3) is 0 Å². The third kappa shape index (κ3) is 3.76. The van der Waals surface area contributed by atoms with Gasteiger partial charge >= 0.3 is 0 Å². The summed E-state index contributed by atoms with van der Waals surface area (Å²) in [5, 5.41) is 3.34. The first-order valence-electron chi connectivity index (χ1n) is 8.67. The van der Waals surface area contributed by atoms with Crippen LogP contribution in [0.15, 0.2) is 0 Å². The molecule has 3 aliphatic rings. The predicted octanol–water partition coefficient (Wildman–Crippen LogP) is 0.367. The third-order valence-electron chi connectivity index (χ3n) is 5.56. The van der Waals surface area contributed by atoms with E-state index in [9.17, 15) is 4.79 Å². The van der Waals surface area contributed by atoms with Gasteiger partial charge in [0.2, 0.25) is 5.91 Å². The van der Waals surface area contributed by atoms with Crippen LogP contribution in [0, 0.1) is 0 Å². The second kappa shape index (κ2) is 7.07. The van der Waals surface area contributed by atoms with Gasteiger partial charge in [-0.25, -0.2) is 0 Å². The average molecular weight is 294 g/mol. The topological polar surface area (TPSA) is 38.8 Å². The number of amides is 1. The van der Waals surface area contributed by atoms with Crippen molar-refractivity contribution in [1.29, 1.82) is 0 Å². The lowest BCUT2D eigenvalue weighted by Crippen LogP contribution is -2.62. The van der Waals surface area contributed by atoms with Crippen LogP contribution in [-0.2, 0) is 4.79 Å². The normalized spacial score (nSPS) is 26.5. The molecule has 3 fully saturated rings. The van der Waals surface area contributed by atoms with Gasteiger partial charge in [-0.2, -0.15) is 0 Å². The minimum Gasteiger partial charge on any atom is -0.342 e. The molecule has 0 aromatic carbocycles. The van der Waals surface area contributed by atoms with Gasteiger partial charge in [0.1, 0.15) is 0 Å². The highest BCUT2D eigenvalue weighted by Gasteiger charge is 2.29. The lowest BCUT2D eigenvalue weighted by Gasteiger charge is -2.43. The maximum Gasteiger partial charge on any atom is 0.236 e. The molecule has 3 rings (SSSR count). The Morgan fingerprint density at radius 3 is 2.33 bits per heavy atom. The van der Waals surface area contributed by atoms with E-state index in [4.69, 9.17) is 0 Å². The number of carbonyl (C=O) groups excluding carboxylic acids is 1. The number of hydrogen-bond acceptors (Lipinski definition) is 4. The van der Waals surface area contributed by atoms with Crippen molar-refractivity contribution in [1.82, 2.24) is 20.0 Å². The molecule has 0 aromatic heterocycles. The maximum absolute atomic E-state index is 12.5. The molecule has 0 spiro atoms. The second-order valence-corrected chi connectivity index (χ2v) is 6.92. The molecule has 5 nitrogen and oxygen atoms in total. The Bertz CT molecular complexity index is 344. The van der Waals surface area contributed by atoms with Gasteiger partial charge in [0.05, 0.1) is 6.54 Å². The summed E-state index contributed by atoms with van der Waals surface area (Å²) >= 11 is 0. The summed E-state index contributed by atoms with van der Waals surface area (Å²) < 4.78 is 0. The third-order valence-corrected chi connectivity index (χ3v) is 5.56. The van der Waals surface area contributed by atoms with Crippen LogP contribution in [0.3, 0.4) is 0 Å². The molecule has 120 valence electrons. The van der Waals surface area contributed by atoms with E-state index in [-0.39, 0.29) is 0 Å². The number of rotatable bonds is 4. The first-order valence-corrected chi connectivity index (χ1v) is 8.67. The highest BCUT2D eigenvalue weighted by Crippen LogP contribution is 2.21. The Kier molecular flexibility index (Phi) is 5.14. The van der Waals surface area contributed by atoms with Gasteiger partial charge in [-0.3, -0.25) is 14.6 Å². The number of carbonyl (C=O) groups is 1. The van der Waals surface area contributed by atoms with E-state index in [1.165, 1.54) is 32.1 Å². The summed E-state index contributed by atoms with van der Waals surface area (Å²) in [5.74, 6) is 0.320. The first-order chi connectivity index (χ1) is 10.2. The quantitative estimate of drug-likeness (QED) is 0.813. The van der Waals surface area contributed by atoms with Gasteiger partial charge < -0.3 is 10.2 Å². The summed E-state index contributed by atoms with van der Waals surface area (Å²) in [6.45, 7) is 7.22. The molecule has 1 aliphatic carbocycles. The number of nitrogens with zero attached hydrogens (tertiary/aromatic N) is 3. The minimum absolute atomic E-state index is 0.320. The highest BCUT2D eigenvalue weighted by atomic mass is 16.2. The molecule has 1 amide bonds. The molecule has 0 radical (unpaired) electrons. The zero-order valence-corrected chi connectivity index (χ0v) is 13.4. The number of likely N-dealkylation sites (N-methyl/N-ethyl adjacent to an activating group) is 1. The van der Waals surface area contributed by atoms with Gasteiger partial charge in [-0.05, 0) is 12.8 Å². The fraction of sp³-hybridized carbons (Fsp3) is 0.938. The van der Waals surface area contributed by atoms with E-state index >= 15 is 0 Å². The Balaban J connectivity index is 1.40. The van der Waals surface area contributed by atoms with E-state index in [1.807, 2.05) is 11.9 Å². The van der Waals surface area contributed by atoms with Crippen LogP contribution in [0.1, 0.15) is 32.1 Å². The van der Waals surface area contributed by atoms with Crippen molar-refractivity contribution < 1.29 is 4.79 Å². The summed E-state index contributed by atoms with van der Waals surface area (Å²) in [7, 11) is 2.01. The fourth-order valence-electron chi connectivity index (χ4n) is 3.79. The van der Waals surface area contributed by atoms with E-state index in [0.29, 0.717) is 18.5 Å². The average Bonchev–Trinajstić information content (AvgIpc) is 2.47. The van der Waals surface area contributed by atoms with E-state index < -0.39 is 0 Å². The molecule has 2 heterocycles. The van der Waals surface area contributed by atoms with Crippen molar-refractivity contribution >= 4 is 5.91 Å². The molecule has 0 unspecified atom stereocenters. The van der Waals surface area contributed by atoms with Crippen LogP contribution in [0.5, 0.6) is 0 Å². The summed E-state index contributed by atoms with van der Waals surface area (Å²) in [5.41, 5.74) is 0. The second-order valence-electron chi connectivity index (χ2n) is 6.92. The van der Waals surface area contributed by atoms with Crippen molar-refractivity contribution in [3.05, 3.63) is 0 Å². The van der Waals surface area contributed by atoms with Gasteiger partial charge in [0.25, 0.3) is 0 Å². The largest absolute Gasteiger partial charge is 0.342 e. The van der Waals surface area contributed by atoms with Crippen LogP contribution >= 0.6 is 0 Å². The van der Waals surface area contributed by atoms with Crippen LogP contribution < -0.4 is 5.32 Å². The SMILES string of the molecule is CN(C(=O)CN1CCN(C2CNC2)CC1)C1CCCCC1. The Hall–Kier alpha value is -0.650. The van der Waals surface area contributed by atoms with Gasteiger partial charge in [0.15, 0.2) is 0 Å². The van der Waals surface area contributed by atoms with Gasteiger partial charge in [-0.15, -0.1) is 0 Å². The lowest BCUT2D eigenvalue weighted by molar-refractivity contribution is -0.134. The van der Waals surface area contributed by atoms with Gasteiger partial charge in [-0.1, -0.05) is 19.3 Å². The molecule has 2 aliphatic heterocycles. The van der Waals surface area contributed by atoms with Crippen LogP contribution in [0.2, 0.25) is 0 Å². The van der Waals surface area contributed by atoms with E-state index in [0.717, 1.165) is 45.3 Å². The molecule has 1 saturated carbocycles. The molecular formula is C16H30N4O.